The second kappa shape index (κ2) is 7.09. The summed E-state index contributed by atoms with van der Waals surface area (Å²) in [5.41, 5.74) is 1.90. The van der Waals surface area contributed by atoms with Crippen LogP contribution in [-0.4, -0.2) is 5.78 Å². The quantitative estimate of drug-likeness (QED) is 0.529. The van der Waals surface area contributed by atoms with Crippen LogP contribution >= 0.6 is 11.6 Å². The summed E-state index contributed by atoms with van der Waals surface area (Å²) in [5, 5.41) is 0.623. The third-order valence-corrected chi connectivity index (χ3v) is 4.50. The molecule has 19 heavy (non-hydrogen) atoms. The number of Topliss-reactive ketones (excluding diaryl/α,β-unsaturated/α-hetero) is 1. The fourth-order valence-corrected chi connectivity index (χ4v) is 3.25. The van der Waals surface area contributed by atoms with Crippen LogP contribution in [0, 0.1) is 5.92 Å². The number of carbonyl (C=O) groups excluding carboxylic acids is 1. The zero-order chi connectivity index (χ0) is 13.7. The Morgan fingerprint density at radius 1 is 1.21 bits per heavy atom. The van der Waals surface area contributed by atoms with Gasteiger partial charge in [-0.2, -0.15) is 0 Å². The minimum absolute atomic E-state index is 0.222. The standard InChI is InChI=1S/C17H23ClO/c1-2-13-9-10-15(16(18)11-13)17(19)12-14-7-5-3-4-6-8-14/h9-11,14H,2-8,12H2,1H3. The van der Waals surface area contributed by atoms with Crippen LogP contribution in [0.5, 0.6) is 0 Å². The third-order valence-electron chi connectivity index (χ3n) is 4.19. The van der Waals surface area contributed by atoms with Gasteiger partial charge in [0, 0.05) is 12.0 Å². The van der Waals surface area contributed by atoms with Crippen molar-refractivity contribution >= 4 is 17.4 Å². The molecular weight excluding hydrogens is 256 g/mol. The minimum atomic E-state index is 0.222. The predicted molar refractivity (Wildman–Crippen MR) is 81.0 cm³/mol. The van der Waals surface area contributed by atoms with Crippen LogP contribution in [0.15, 0.2) is 18.2 Å². The molecular formula is C17H23ClO. The highest BCUT2D eigenvalue weighted by Gasteiger charge is 2.18. The van der Waals surface area contributed by atoms with Crippen LogP contribution in [0.1, 0.15) is 67.8 Å². The zero-order valence-corrected chi connectivity index (χ0v) is 12.5. The summed E-state index contributed by atoms with van der Waals surface area (Å²) in [6.07, 6.45) is 9.25. The van der Waals surface area contributed by atoms with Crippen molar-refractivity contribution in [2.45, 2.75) is 58.3 Å². The Balaban J connectivity index is 2.02. The number of aryl methyl sites for hydroxylation is 1. The van der Waals surface area contributed by atoms with E-state index in [-0.39, 0.29) is 5.78 Å². The van der Waals surface area contributed by atoms with Crippen LogP contribution in [0.4, 0.5) is 0 Å². The molecule has 0 atom stereocenters. The first-order valence-corrected chi connectivity index (χ1v) is 7.90. The van der Waals surface area contributed by atoms with Gasteiger partial charge in [0.15, 0.2) is 5.78 Å². The molecule has 0 spiro atoms. The van der Waals surface area contributed by atoms with E-state index in [1.54, 1.807) is 0 Å². The lowest BCUT2D eigenvalue weighted by Gasteiger charge is -2.13. The summed E-state index contributed by atoms with van der Waals surface area (Å²) in [4.78, 5) is 12.4. The van der Waals surface area contributed by atoms with Crippen LogP contribution in [0.25, 0.3) is 0 Å². The number of hydrogen-bond donors (Lipinski definition) is 0. The maximum atomic E-state index is 12.4. The van der Waals surface area contributed by atoms with E-state index < -0.39 is 0 Å². The van der Waals surface area contributed by atoms with Gasteiger partial charge < -0.3 is 0 Å². The number of carbonyl (C=O) groups is 1. The van der Waals surface area contributed by atoms with Gasteiger partial charge in [0.05, 0.1) is 5.02 Å². The highest BCUT2D eigenvalue weighted by molar-refractivity contribution is 6.34. The Morgan fingerprint density at radius 2 is 1.89 bits per heavy atom. The van der Waals surface area contributed by atoms with E-state index in [2.05, 4.69) is 6.92 Å². The topological polar surface area (TPSA) is 17.1 Å². The molecule has 1 saturated carbocycles. The summed E-state index contributed by atoms with van der Waals surface area (Å²) in [6.45, 7) is 2.10. The average molecular weight is 279 g/mol. The van der Waals surface area contributed by atoms with Crippen molar-refractivity contribution in [1.82, 2.24) is 0 Å². The van der Waals surface area contributed by atoms with E-state index in [1.807, 2.05) is 18.2 Å². The van der Waals surface area contributed by atoms with E-state index in [1.165, 1.54) is 44.1 Å². The van der Waals surface area contributed by atoms with Gasteiger partial charge in [0.1, 0.15) is 0 Å². The maximum Gasteiger partial charge on any atom is 0.164 e. The summed E-state index contributed by atoms with van der Waals surface area (Å²) < 4.78 is 0. The van der Waals surface area contributed by atoms with Crippen molar-refractivity contribution in [3.63, 3.8) is 0 Å². The molecule has 0 unspecified atom stereocenters. The molecule has 0 N–H and O–H groups in total. The van der Waals surface area contributed by atoms with Gasteiger partial charge in [-0.15, -0.1) is 0 Å². The highest BCUT2D eigenvalue weighted by Crippen LogP contribution is 2.28. The first-order valence-electron chi connectivity index (χ1n) is 7.52. The van der Waals surface area contributed by atoms with Crippen molar-refractivity contribution in [2.24, 2.45) is 5.92 Å². The molecule has 0 radical (unpaired) electrons. The van der Waals surface area contributed by atoms with Crippen molar-refractivity contribution in [3.8, 4) is 0 Å². The number of hydrogen-bond acceptors (Lipinski definition) is 1. The molecule has 0 heterocycles. The second-order valence-electron chi connectivity index (χ2n) is 5.65. The summed E-state index contributed by atoms with van der Waals surface area (Å²) in [5.74, 6) is 0.788. The molecule has 1 aliphatic carbocycles. The highest BCUT2D eigenvalue weighted by atomic mass is 35.5. The molecule has 1 aromatic rings. The molecule has 1 aromatic carbocycles. The normalized spacial score (nSPS) is 17.2. The molecule has 0 saturated heterocycles. The van der Waals surface area contributed by atoms with Gasteiger partial charge in [-0.05, 0) is 30.0 Å². The maximum absolute atomic E-state index is 12.4. The van der Waals surface area contributed by atoms with Crippen LogP contribution in [0.2, 0.25) is 5.02 Å². The van der Waals surface area contributed by atoms with Crippen molar-refractivity contribution < 1.29 is 4.79 Å². The number of ketones is 1. The molecule has 1 nitrogen and oxygen atoms in total. The molecule has 0 aliphatic heterocycles. The van der Waals surface area contributed by atoms with Gasteiger partial charge in [0.25, 0.3) is 0 Å². The zero-order valence-electron chi connectivity index (χ0n) is 11.8. The van der Waals surface area contributed by atoms with E-state index >= 15 is 0 Å². The minimum Gasteiger partial charge on any atom is -0.294 e. The van der Waals surface area contributed by atoms with Gasteiger partial charge in [0.2, 0.25) is 0 Å². The SMILES string of the molecule is CCc1ccc(C(=O)CC2CCCCCC2)c(Cl)c1. The third kappa shape index (κ3) is 4.07. The number of benzene rings is 1. The molecule has 0 bridgehead atoms. The Kier molecular flexibility index (Phi) is 5.45. The fourth-order valence-electron chi connectivity index (χ4n) is 2.94. The molecule has 104 valence electrons. The van der Waals surface area contributed by atoms with Crippen molar-refractivity contribution in [3.05, 3.63) is 34.3 Å². The molecule has 2 rings (SSSR count). The second-order valence-corrected chi connectivity index (χ2v) is 6.06. The first-order chi connectivity index (χ1) is 9.20. The number of halogens is 1. The Morgan fingerprint density at radius 3 is 2.47 bits per heavy atom. The molecule has 1 aliphatic rings. The molecule has 1 fully saturated rings. The van der Waals surface area contributed by atoms with Crippen LogP contribution in [-0.2, 0) is 6.42 Å². The average Bonchev–Trinajstić information content (AvgIpc) is 2.67. The van der Waals surface area contributed by atoms with E-state index in [9.17, 15) is 4.79 Å². The van der Waals surface area contributed by atoms with Crippen molar-refractivity contribution in [1.29, 1.82) is 0 Å². The van der Waals surface area contributed by atoms with Gasteiger partial charge in [-0.3, -0.25) is 4.79 Å². The summed E-state index contributed by atoms with van der Waals surface area (Å²) in [7, 11) is 0. The Bertz CT molecular complexity index is 431. The lowest BCUT2D eigenvalue weighted by atomic mass is 9.91. The smallest absolute Gasteiger partial charge is 0.164 e. The summed E-state index contributed by atoms with van der Waals surface area (Å²) >= 11 is 6.23. The Hall–Kier alpha value is -0.820. The van der Waals surface area contributed by atoms with Crippen molar-refractivity contribution in [2.75, 3.05) is 0 Å². The predicted octanol–water partition coefficient (Wildman–Crippen LogP) is 5.45. The monoisotopic (exact) mass is 278 g/mol. The van der Waals surface area contributed by atoms with E-state index in [0.29, 0.717) is 22.9 Å². The van der Waals surface area contributed by atoms with E-state index in [0.717, 1.165) is 6.42 Å². The van der Waals surface area contributed by atoms with Crippen LogP contribution < -0.4 is 0 Å². The fraction of sp³-hybridized carbons (Fsp3) is 0.588. The first kappa shape index (κ1) is 14.6. The molecule has 0 amide bonds. The number of rotatable bonds is 4. The van der Waals surface area contributed by atoms with Gasteiger partial charge in [-0.25, -0.2) is 0 Å². The van der Waals surface area contributed by atoms with Crippen LogP contribution in [0.3, 0.4) is 0 Å². The van der Waals surface area contributed by atoms with Gasteiger partial charge in [-0.1, -0.05) is 63.1 Å². The van der Waals surface area contributed by atoms with Gasteiger partial charge >= 0.3 is 0 Å². The molecule has 2 heteroatoms. The largest absolute Gasteiger partial charge is 0.294 e. The summed E-state index contributed by atoms with van der Waals surface area (Å²) in [6, 6.07) is 5.86. The lowest BCUT2D eigenvalue weighted by Crippen LogP contribution is -2.09. The Labute approximate surface area is 121 Å². The molecule has 0 aromatic heterocycles. The lowest BCUT2D eigenvalue weighted by molar-refractivity contribution is 0.0957. The van der Waals surface area contributed by atoms with E-state index in [4.69, 9.17) is 11.6 Å².